The van der Waals surface area contributed by atoms with Gasteiger partial charge in [0.1, 0.15) is 12.1 Å². The molecule has 4 heteroatoms. The van der Waals surface area contributed by atoms with Crippen LogP contribution in [0.1, 0.15) is 40.5 Å². The molecule has 0 spiro atoms. The molecule has 0 aromatic rings. The monoisotopic (exact) mass is 252 g/mol. The zero-order valence-electron chi connectivity index (χ0n) is 11.8. The van der Waals surface area contributed by atoms with E-state index in [2.05, 4.69) is 11.9 Å². The van der Waals surface area contributed by atoms with Crippen LogP contribution in [-0.4, -0.2) is 35.3 Å². The van der Waals surface area contributed by atoms with Gasteiger partial charge in [-0.05, 0) is 19.3 Å². The maximum absolute atomic E-state index is 12.4. The molecule has 0 saturated carbocycles. The second-order valence-electron chi connectivity index (χ2n) is 5.46. The summed E-state index contributed by atoms with van der Waals surface area (Å²) < 4.78 is 0. The Morgan fingerprint density at radius 1 is 1.44 bits per heavy atom. The summed E-state index contributed by atoms with van der Waals surface area (Å²) >= 11 is 0. The van der Waals surface area contributed by atoms with E-state index < -0.39 is 0 Å². The molecule has 0 aromatic carbocycles. The smallest absolute Gasteiger partial charge is 0.246 e. The zero-order valence-corrected chi connectivity index (χ0v) is 11.8. The van der Waals surface area contributed by atoms with Crippen molar-refractivity contribution in [1.29, 1.82) is 0 Å². The first-order valence-electron chi connectivity index (χ1n) is 6.63. The first-order chi connectivity index (χ1) is 8.38. The minimum atomic E-state index is -0.373. The van der Waals surface area contributed by atoms with Gasteiger partial charge < -0.3 is 10.2 Å². The number of nitrogens with one attached hydrogen (secondary N) is 1. The molecule has 2 atom stereocenters. The van der Waals surface area contributed by atoms with Crippen LogP contribution in [0.15, 0.2) is 12.2 Å². The number of hydrogen-bond donors (Lipinski definition) is 1. The first kappa shape index (κ1) is 14.7. The average Bonchev–Trinajstić information content (AvgIpc) is 2.24. The highest BCUT2D eigenvalue weighted by Crippen LogP contribution is 2.20. The molecular formula is C14H24N2O2. The second kappa shape index (κ2) is 6.03. The van der Waals surface area contributed by atoms with Gasteiger partial charge in [-0.3, -0.25) is 9.59 Å². The molecule has 102 valence electrons. The third kappa shape index (κ3) is 3.12. The molecule has 0 aliphatic carbocycles. The van der Waals surface area contributed by atoms with Crippen LogP contribution in [0.5, 0.6) is 0 Å². The Balaban J connectivity index is 2.96. The summed E-state index contributed by atoms with van der Waals surface area (Å²) in [5, 5.41) is 2.84. The number of carbonyl (C=O) groups is 2. The van der Waals surface area contributed by atoms with Gasteiger partial charge in [-0.15, -0.1) is 0 Å². The number of carbonyl (C=O) groups excluding carboxylic acids is 2. The predicted octanol–water partition coefficient (Wildman–Crippen LogP) is 1.71. The molecule has 1 fully saturated rings. The first-order valence-corrected chi connectivity index (χ1v) is 6.63. The highest BCUT2D eigenvalue weighted by atomic mass is 16.2. The molecule has 1 N–H and O–H groups in total. The molecule has 1 heterocycles. The summed E-state index contributed by atoms with van der Waals surface area (Å²) in [5.74, 6) is 0.0957. The van der Waals surface area contributed by atoms with Crippen LogP contribution >= 0.6 is 0 Å². The van der Waals surface area contributed by atoms with Gasteiger partial charge in [-0.1, -0.05) is 39.3 Å². The SMILES string of the molecule is C=C(C)CN1C(=O)C(CCC)NC(=O)C1C(C)C. The lowest BCUT2D eigenvalue weighted by Gasteiger charge is -2.41. The van der Waals surface area contributed by atoms with Crippen LogP contribution in [-0.2, 0) is 9.59 Å². The molecule has 0 bridgehead atoms. The maximum Gasteiger partial charge on any atom is 0.246 e. The van der Waals surface area contributed by atoms with Gasteiger partial charge in [0, 0.05) is 6.54 Å². The molecule has 0 aromatic heterocycles. The van der Waals surface area contributed by atoms with E-state index in [4.69, 9.17) is 0 Å². The van der Waals surface area contributed by atoms with Crippen LogP contribution in [0.25, 0.3) is 0 Å². The second-order valence-corrected chi connectivity index (χ2v) is 5.46. The lowest BCUT2D eigenvalue weighted by molar-refractivity contribution is -0.150. The van der Waals surface area contributed by atoms with Crippen molar-refractivity contribution in [3.8, 4) is 0 Å². The lowest BCUT2D eigenvalue weighted by Crippen LogP contribution is -2.64. The summed E-state index contributed by atoms with van der Waals surface area (Å²) in [6, 6.07) is -0.737. The van der Waals surface area contributed by atoms with E-state index in [1.807, 2.05) is 27.7 Å². The quantitative estimate of drug-likeness (QED) is 0.757. The molecule has 1 aliphatic heterocycles. The lowest BCUT2D eigenvalue weighted by atomic mass is 9.95. The van der Waals surface area contributed by atoms with E-state index in [1.165, 1.54) is 0 Å². The Morgan fingerprint density at radius 2 is 2.06 bits per heavy atom. The Bertz CT molecular complexity index is 350. The van der Waals surface area contributed by atoms with E-state index in [9.17, 15) is 9.59 Å². The van der Waals surface area contributed by atoms with E-state index in [-0.39, 0.29) is 29.8 Å². The highest BCUT2D eigenvalue weighted by Gasteiger charge is 2.41. The van der Waals surface area contributed by atoms with Gasteiger partial charge in [0.25, 0.3) is 0 Å². The third-order valence-corrected chi connectivity index (χ3v) is 3.15. The number of hydrogen-bond acceptors (Lipinski definition) is 2. The topological polar surface area (TPSA) is 49.4 Å². The number of piperazine rings is 1. The highest BCUT2D eigenvalue weighted by molar-refractivity contribution is 5.97. The Labute approximate surface area is 109 Å². The van der Waals surface area contributed by atoms with Crippen molar-refractivity contribution in [1.82, 2.24) is 10.2 Å². The molecule has 2 unspecified atom stereocenters. The van der Waals surface area contributed by atoms with Gasteiger partial charge in [0.15, 0.2) is 0 Å². The van der Waals surface area contributed by atoms with Gasteiger partial charge in [-0.2, -0.15) is 0 Å². The van der Waals surface area contributed by atoms with E-state index in [0.29, 0.717) is 13.0 Å². The van der Waals surface area contributed by atoms with Crippen molar-refractivity contribution >= 4 is 11.8 Å². The zero-order chi connectivity index (χ0) is 13.9. The normalized spacial score (nSPS) is 24.4. The predicted molar refractivity (Wildman–Crippen MR) is 72.0 cm³/mol. The Hall–Kier alpha value is -1.32. The van der Waals surface area contributed by atoms with E-state index >= 15 is 0 Å². The van der Waals surface area contributed by atoms with Crippen molar-refractivity contribution in [3.63, 3.8) is 0 Å². The van der Waals surface area contributed by atoms with E-state index in [0.717, 1.165) is 12.0 Å². The number of nitrogens with zero attached hydrogens (tertiary/aromatic N) is 1. The van der Waals surface area contributed by atoms with Gasteiger partial charge in [0.2, 0.25) is 11.8 Å². The maximum atomic E-state index is 12.4. The Kier molecular flexibility index (Phi) is 4.93. The minimum absolute atomic E-state index is 0.0261. The molecule has 0 radical (unpaired) electrons. The van der Waals surface area contributed by atoms with Gasteiger partial charge in [-0.25, -0.2) is 0 Å². The summed E-state index contributed by atoms with van der Waals surface area (Å²) in [4.78, 5) is 26.2. The number of amides is 2. The van der Waals surface area contributed by atoms with Crippen LogP contribution in [0.3, 0.4) is 0 Å². The van der Waals surface area contributed by atoms with Crippen LogP contribution < -0.4 is 5.32 Å². The third-order valence-electron chi connectivity index (χ3n) is 3.15. The largest absolute Gasteiger partial charge is 0.342 e. The molecule has 1 rings (SSSR count). The van der Waals surface area contributed by atoms with Crippen molar-refractivity contribution in [2.75, 3.05) is 6.54 Å². The number of rotatable bonds is 5. The minimum Gasteiger partial charge on any atom is -0.342 e. The van der Waals surface area contributed by atoms with Crippen LogP contribution in [0.4, 0.5) is 0 Å². The van der Waals surface area contributed by atoms with Crippen LogP contribution in [0.2, 0.25) is 0 Å². The molecule has 18 heavy (non-hydrogen) atoms. The summed E-state index contributed by atoms with van der Waals surface area (Å²) in [6.07, 6.45) is 1.58. The standard InChI is InChI=1S/C14H24N2O2/c1-6-7-11-14(18)16(8-9(2)3)12(10(4)5)13(17)15-11/h10-12H,2,6-8H2,1,3-5H3,(H,15,17). The van der Waals surface area contributed by atoms with Crippen LogP contribution in [0, 0.1) is 5.92 Å². The fraction of sp³-hybridized carbons (Fsp3) is 0.714. The molecule has 4 nitrogen and oxygen atoms in total. The summed E-state index contributed by atoms with van der Waals surface area (Å²) in [7, 11) is 0. The fourth-order valence-electron chi connectivity index (χ4n) is 2.41. The van der Waals surface area contributed by atoms with Crippen molar-refractivity contribution in [2.24, 2.45) is 5.92 Å². The van der Waals surface area contributed by atoms with Gasteiger partial charge in [0.05, 0.1) is 0 Å². The summed E-state index contributed by atoms with van der Waals surface area (Å²) in [6.45, 7) is 12.1. The molecule has 2 amide bonds. The van der Waals surface area contributed by atoms with Crippen molar-refractivity contribution in [2.45, 2.75) is 52.6 Å². The van der Waals surface area contributed by atoms with E-state index in [1.54, 1.807) is 4.90 Å². The molecule has 1 saturated heterocycles. The van der Waals surface area contributed by atoms with Crippen molar-refractivity contribution < 1.29 is 9.59 Å². The van der Waals surface area contributed by atoms with Crippen molar-refractivity contribution in [3.05, 3.63) is 12.2 Å². The fourth-order valence-corrected chi connectivity index (χ4v) is 2.41. The summed E-state index contributed by atoms with van der Waals surface area (Å²) in [5.41, 5.74) is 0.902. The average molecular weight is 252 g/mol. The molecular weight excluding hydrogens is 228 g/mol. The van der Waals surface area contributed by atoms with Gasteiger partial charge >= 0.3 is 0 Å². The Morgan fingerprint density at radius 3 is 2.50 bits per heavy atom. The molecule has 1 aliphatic rings.